The maximum absolute atomic E-state index is 12.7. The minimum Gasteiger partial charge on any atom is -0.368 e. The Morgan fingerprint density at radius 2 is 1.95 bits per heavy atom. The number of halogens is 1. The van der Waals surface area contributed by atoms with Crippen LogP contribution in [0.15, 0.2) is 18.2 Å². The van der Waals surface area contributed by atoms with E-state index in [0.29, 0.717) is 13.1 Å². The Hall–Kier alpha value is -0.870. The van der Waals surface area contributed by atoms with E-state index >= 15 is 0 Å². The number of hydrogen-bond acceptors (Lipinski definition) is 2. The highest BCUT2D eigenvalue weighted by atomic mass is 79.9. The van der Waals surface area contributed by atoms with Gasteiger partial charge in [-0.2, -0.15) is 0 Å². The molecule has 1 aromatic carbocycles. The summed E-state index contributed by atoms with van der Waals surface area (Å²) in [6.07, 6.45) is 0.0496. The average molecular weight is 340 g/mol. The van der Waals surface area contributed by atoms with Gasteiger partial charge >= 0.3 is 0 Å². The zero-order chi connectivity index (χ0) is 14.9. The van der Waals surface area contributed by atoms with Crippen molar-refractivity contribution in [2.45, 2.75) is 39.4 Å². The van der Waals surface area contributed by atoms with Crippen LogP contribution in [0.5, 0.6) is 0 Å². The summed E-state index contributed by atoms with van der Waals surface area (Å²) in [6.45, 7) is 9.37. The molecule has 0 bridgehead atoms. The van der Waals surface area contributed by atoms with Gasteiger partial charge in [0.15, 0.2) is 0 Å². The number of carbonyl (C=O) groups is 1. The molecule has 3 nitrogen and oxygen atoms in total. The molecule has 0 aliphatic carbocycles. The number of aryl methyl sites for hydroxylation is 2. The van der Waals surface area contributed by atoms with Crippen molar-refractivity contribution in [1.82, 2.24) is 4.90 Å². The highest BCUT2D eigenvalue weighted by molar-refractivity contribution is 9.09. The minimum absolute atomic E-state index is 0.0496. The van der Waals surface area contributed by atoms with Gasteiger partial charge in [0.1, 0.15) is 0 Å². The highest BCUT2D eigenvalue weighted by Gasteiger charge is 2.35. The van der Waals surface area contributed by atoms with Crippen molar-refractivity contribution < 1.29 is 9.53 Å². The Labute approximate surface area is 129 Å². The molecule has 110 valence electrons. The predicted molar refractivity (Wildman–Crippen MR) is 84.6 cm³/mol. The van der Waals surface area contributed by atoms with E-state index in [9.17, 15) is 4.79 Å². The van der Waals surface area contributed by atoms with Gasteiger partial charge in [-0.15, -0.1) is 0 Å². The van der Waals surface area contributed by atoms with Gasteiger partial charge in [0.2, 0.25) is 0 Å². The van der Waals surface area contributed by atoms with Crippen LogP contribution in [0.3, 0.4) is 0 Å². The summed E-state index contributed by atoms with van der Waals surface area (Å²) in [5.41, 5.74) is 2.72. The number of rotatable bonds is 2. The third kappa shape index (κ3) is 3.61. The van der Waals surface area contributed by atoms with E-state index in [1.807, 2.05) is 44.7 Å². The van der Waals surface area contributed by atoms with Crippen LogP contribution in [0.2, 0.25) is 0 Å². The number of ether oxygens (including phenoxy) is 1. The number of alkyl halides is 1. The maximum atomic E-state index is 12.7. The number of carbonyl (C=O) groups excluding carboxylic acids is 1. The van der Waals surface area contributed by atoms with Crippen molar-refractivity contribution >= 4 is 21.8 Å². The van der Waals surface area contributed by atoms with E-state index in [2.05, 4.69) is 22.0 Å². The van der Waals surface area contributed by atoms with Gasteiger partial charge in [-0.25, -0.2) is 0 Å². The zero-order valence-electron chi connectivity index (χ0n) is 12.6. The molecule has 1 aliphatic heterocycles. The van der Waals surface area contributed by atoms with Crippen LogP contribution in [0.1, 0.15) is 35.3 Å². The molecule has 1 atom stereocenters. The summed E-state index contributed by atoms with van der Waals surface area (Å²) in [7, 11) is 0. The largest absolute Gasteiger partial charge is 0.368 e. The summed E-state index contributed by atoms with van der Waals surface area (Å²) < 4.78 is 5.95. The van der Waals surface area contributed by atoms with E-state index in [1.54, 1.807) is 0 Å². The van der Waals surface area contributed by atoms with Crippen molar-refractivity contribution in [2.75, 3.05) is 18.4 Å². The third-order valence-corrected chi connectivity index (χ3v) is 4.13. The summed E-state index contributed by atoms with van der Waals surface area (Å²) in [4.78, 5) is 14.6. The second-order valence-electron chi connectivity index (χ2n) is 6.22. The van der Waals surface area contributed by atoms with E-state index in [4.69, 9.17) is 4.74 Å². The molecule has 1 fully saturated rings. The Morgan fingerprint density at radius 3 is 2.50 bits per heavy atom. The van der Waals surface area contributed by atoms with Crippen molar-refractivity contribution in [1.29, 1.82) is 0 Å². The molecule has 1 saturated heterocycles. The van der Waals surface area contributed by atoms with Gasteiger partial charge < -0.3 is 9.64 Å². The SMILES string of the molecule is Cc1cc(C)cc(C(=O)N2CC(CBr)OC(C)(C)C2)c1. The summed E-state index contributed by atoms with van der Waals surface area (Å²) in [6, 6.07) is 6.00. The molecule has 0 saturated carbocycles. The Bertz CT molecular complexity index is 493. The van der Waals surface area contributed by atoms with Gasteiger partial charge in [-0.1, -0.05) is 33.1 Å². The molecule has 0 spiro atoms. The lowest BCUT2D eigenvalue weighted by molar-refractivity contribution is -0.116. The molecule has 1 aliphatic rings. The second-order valence-corrected chi connectivity index (χ2v) is 6.86. The molecular formula is C16H22BrNO2. The molecular weight excluding hydrogens is 318 g/mol. The van der Waals surface area contributed by atoms with Crippen LogP contribution < -0.4 is 0 Å². The molecule has 0 N–H and O–H groups in total. The normalized spacial score (nSPS) is 21.9. The second kappa shape index (κ2) is 5.86. The van der Waals surface area contributed by atoms with E-state index in [0.717, 1.165) is 22.0 Å². The van der Waals surface area contributed by atoms with E-state index in [1.165, 1.54) is 0 Å². The summed E-state index contributed by atoms with van der Waals surface area (Å²) in [5.74, 6) is 0.0964. The number of amides is 1. The average Bonchev–Trinajstić information content (AvgIpc) is 2.34. The Kier molecular flexibility index (Phi) is 4.55. The quantitative estimate of drug-likeness (QED) is 0.773. The maximum Gasteiger partial charge on any atom is 0.254 e. The minimum atomic E-state index is -0.300. The first-order chi connectivity index (χ1) is 9.30. The molecule has 1 aromatic rings. The molecule has 4 heteroatoms. The lowest BCUT2D eigenvalue weighted by atomic mass is 10.0. The molecule has 0 radical (unpaired) electrons. The van der Waals surface area contributed by atoms with E-state index < -0.39 is 0 Å². The smallest absolute Gasteiger partial charge is 0.254 e. The fraction of sp³-hybridized carbons (Fsp3) is 0.562. The monoisotopic (exact) mass is 339 g/mol. The van der Waals surface area contributed by atoms with E-state index in [-0.39, 0.29) is 17.6 Å². The predicted octanol–water partition coefficient (Wildman–Crippen LogP) is 3.32. The van der Waals surface area contributed by atoms with Crippen LogP contribution in [-0.4, -0.2) is 40.9 Å². The van der Waals surface area contributed by atoms with Gasteiger partial charge in [0.05, 0.1) is 11.7 Å². The van der Waals surface area contributed by atoms with Crippen LogP contribution in [0, 0.1) is 13.8 Å². The van der Waals surface area contributed by atoms with Crippen LogP contribution in [0.4, 0.5) is 0 Å². The van der Waals surface area contributed by atoms with Crippen molar-refractivity contribution in [2.24, 2.45) is 0 Å². The summed E-state index contributed by atoms with van der Waals surface area (Å²) >= 11 is 3.46. The number of morpholine rings is 1. The molecule has 1 amide bonds. The lowest BCUT2D eigenvalue weighted by Gasteiger charge is -2.42. The Balaban J connectivity index is 2.23. The van der Waals surface area contributed by atoms with Crippen molar-refractivity contribution in [3.63, 3.8) is 0 Å². The topological polar surface area (TPSA) is 29.5 Å². The molecule has 1 unspecified atom stereocenters. The number of nitrogens with zero attached hydrogens (tertiary/aromatic N) is 1. The first-order valence-corrected chi connectivity index (χ1v) is 8.04. The Morgan fingerprint density at radius 1 is 1.35 bits per heavy atom. The van der Waals surface area contributed by atoms with Crippen molar-refractivity contribution in [3.05, 3.63) is 34.9 Å². The van der Waals surface area contributed by atoms with Crippen molar-refractivity contribution in [3.8, 4) is 0 Å². The number of benzene rings is 1. The molecule has 20 heavy (non-hydrogen) atoms. The molecule has 1 heterocycles. The van der Waals surface area contributed by atoms with Crippen LogP contribution in [-0.2, 0) is 4.74 Å². The standard InChI is InChI=1S/C16H22BrNO2/c1-11-5-12(2)7-13(6-11)15(19)18-9-14(8-17)20-16(3,4)10-18/h5-7,14H,8-10H2,1-4H3. The lowest BCUT2D eigenvalue weighted by Crippen LogP contribution is -2.55. The van der Waals surface area contributed by atoms with Gasteiger partial charge in [-0.3, -0.25) is 4.79 Å². The summed E-state index contributed by atoms with van der Waals surface area (Å²) in [5, 5.41) is 0.743. The molecule has 0 aromatic heterocycles. The van der Waals surface area contributed by atoms with Gasteiger partial charge in [0, 0.05) is 24.0 Å². The number of hydrogen-bond donors (Lipinski definition) is 0. The fourth-order valence-electron chi connectivity index (χ4n) is 2.81. The zero-order valence-corrected chi connectivity index (χ0v) is 14.2. The first kappa shape index (κ1) is 15.5. The van der Waals surface area contributed by atoms with Gasteiger partial charge in [-0.05, 0) is 39.8 Å². The van der Waals surface area contributed by atoms with Crippen LogP contribution in [0.25, 0.3) is 0 Å². The molecule has 2 rings (SSSR count). The van der Waals surface area contributed by atoms with Crippen LogP contribution >= 0.6 is 15.9 Å². The van der Waals surface area contributed by atoms with Gasteiger partial charge in [0.25, 0.3) is 5.91 Å². The highest BCUT2D eigenvalue weighted by Crippen LogP contribution is 2.24. The first-order valence-electron chi connectivity index (χ1n) is 6.92. The third-order valence-electron chi connectivity index (χ3n) is 3.41. The fourth-order valence-corrected chi connectivity index (χ4v) is 3.15.